The van der Waals surface area contributed by atoms with Crippen LogP contribution in [-0.4, -0.2) is 82.8 Å². The number of para-hydroxylation sites is 1. The number of ketones is 1. The first-order valence-electron chi connectivity index (χ1n) is 16.8. The van der Waals surface area contributed by atoms with Gasteiger partial charge in [0.1, 0.15) is 6.04 Å². The topological polar surface area (TPSA) is 178 Å². The van der Waals surface area contributed by atoms with E-state index in [1.807, 2.05) is 41.8 Å². The lowest BCUT2D eigenvalue weighted by molar-refractivity contribution is -0.138. The number of halogens is 1. The predicted octanol–water partition coefficient (Wildman–Crippen LogP) is 4.02. The van der Waals surface area contributed by atoms with Gasteiger partial charge in [0.15, 0.2) is 11.0 Å². The van der Waals surface area contributed by atoms with Gasteiger partial charge in [0, 0.05) is 35.8 Å². The summed E-state index contributed by atoms with van der Waals surface area (Å²) in [6.45, 7) is 2.74. The number of nitrogens with one attached hydrogen (secondary N) is 2. The number of nitrogens with zero attached hydrogens (tertiary/aromatic N) is 4. The molecule has 0 radical (unpaired) electrons. The predicted molar refractivity (Wildman–Crippen MR) is 197 cm³/mol. The quantitative estimate of drug-likeness (QED) is 0.0644. The van der Waals surface area contributed by atoms with Crippen LogP contribution in [0.1, 0.15) is 64.1 Å². The molecule has 0 saturated carbocycles. The van der Waals surface area contributed by atoms with E-state index in [2.05, 4.69) is 20.6 Å². The molecule has 0 bridgehead atoms. The molecular weight excluding hydrogens is 696 g/mol. The van der Waals surface area contributed by atoms with Gasteiger partial charge in [0.2, 0.25) is 17.6 Å². The summed E-state index contributed by atoms with van der Waals surface area (Å²) in [5.41, 5.74) is 13.3. The molecule has 4 aromatic rings. The summed E-state index contributed by atoms with van der Waals surface area (Å²) in [5, 5.41) is 10.3. The number of nitrogens with two attached hydrogens (primary N) is 2. The molecule has 2 saturated heterocycles. The Labute approximate surface area is 303 Å². The van der Waals surface area contributed by atoms with Crippen molar-refractivity contribution in [3.05, 3.63) is 80.2 Å². The molecule has 2 aromatic carbocycles. The molecule has 2 amide bonds. The molecule has 2 aliphatic heterocycles. The van der Waals surface area contributed by atoms with Gasteiger partial charge < -0.3 is 31.7 Å². The number of aliphatic imine (C=N–C) groups is 1. The second-order valence-electron chi connectivity index (χ2n) is 12.6. The van der Waals surface area contributed by atoms with Gasteiger partial charge in [-0.1, -0.05) is 35.9 Å². The summed E-state index contributed by atoms with van der Waals surface area (Å²) in [4.78, 5) is 56.8. The van der Waals surface area contributed by atoms with Crippen LogP contribution >= 0.6 is 34.3 Å². The number of fused-ring (bicyclic) bond motifs is 1. The largest absolute Gasteiger partial charge is 0.372 e. The number of aromatic nitrogens is 2. The van der Waals surface area contributed by atoms with Crippen molar-refractivity contribution < 1.29 is 19.1 Å². The molecule has 2 fully saturated rings. The number of hydrogen-bond acceptors (Lipinski definition) is 10. The van der Waals surface area contributed by atoms with Gasteiger partial charge in [-0.25, -0.2) is 9.97 Å². The van der Waals surface area contributed by atoms with E-state index in [-0.39, 0.29) is 43.5 Å². The van der Waals surface area contributed by atoms with Crippen LogP contribution in [0, 0.1) is 0 Å². The first-order chi connectivity index (χ1) is 24.2. The molecule has 12 nitrogen and oxygen atoms in total. The zero-order valence-corrected chi connectivity index (χ0v) is 29.9. The zero-order chi connectivity index (χ0) is 35.0. The van der Waals surface area contributed by atoms with Gasteiger partial charge in [-0.15, -0.1) is 22.7 Å². The first-order valence-corrected chi connectivity index (χ1v) is 18.9. The number of ether oxygens (including phenoxy) is 1. The van der Waals surface area contributed by atoms with Crippen molar-refractivity contribution in [2.45, 2.75) is 69.2 Å². The third kappa shape index (κ3) is 9.23. The van der Waals surface area contributed by atoms with E-state index in [0.29, 0.717) is 46.7 Å². The van der Waals surface area contributed by atoms with Gasteiger partial charge in [-0.3, -0.25) is 19.4 Å². The number of carbonyl (C=O) groups excluding carboxylic acids is 3. The Morgan fingerprint density at radius 1 is 1.10 bits per heavy atom. The summed E-state index contributed by atoms with van der Waals surface area (Å²) in [6.07, 6.45) is 2.72. The molecule has 0 spiro atoms. The molecule has 264 valence electrons. The lowest BCUT2D eigenvalue weighted by atomic mass is 9.99. The molecule has 6 N–H and O–H groups in total. The van der Waals surface area contributed by atoms with Crippen molar-refractivity contribution in [1.29, 1.82) is 0 Å². The fraction of sp³-hybridized carbons (Fsp3) is 0.429. The molecule has 15 heteroatoms. The van der Waals surface area contributed by atoms with Crippen molar-refractivity contribution in [2.75, 3.05) is 26.2 Å². The van der Waals surface area contributed by atoms with E-state index >= 15 is 0 Å². The SMILES string of the molecule is NC(N)=NCCC[C@H](NC(=O)C1C[C@@H](OCc2ccc(Cl)cc2)CN1C(=O)Cc1csc(C2CCNCC2)n1)C(=O)c1nc2ccccc2s1. The normalized spacial score (nSPS) is 18.6. The summed E-state index contributed by atoms with van der Waals surface area (Å²) < 4.78 is 7.11. The number of hydrogen-bond donors (Lipinski definition) is 4. The lowest BCUT2D eigenvalue weighted by Crippen LogP contribution is -2.51. The van der Waals surface area contributed by atoms with Gasteiger partial charge in [0.25, 0.3) is 0 Å². The second kappa shape index (κ2) is 16.8. The Hall–Kier alpha value is -3.95. The van der Waals surface area contributed by atoms with Crippen LogP contribution < -0.4 is 22.1 Å². The minimum Gasteiger partial charge on any atom is -0.372 e. The van der Waals surface area contributed by atoms with Crippen LogP contribution in [0.15, 0.2) is 58.9 Å². The van der Waals surface area contributed by atoms with Crippen molar-refractivity contribution >= 4 is 68.0 Å². The fourth-order valence-electron chi connectivity index (χ4n) is 6.32. The minimum atomic E-state index is -0.894. The van der Waals surface area contributed by atoms with E-state index in [1.54, 1.807) is 28.4 Å². The number of carbonyl (C=O) groups is 3. The van der Waals surface area contributed by atoms with Crippen LogP contribution in [0.25, 0.3) is 10.2 Å². The van der Waals surface area contributed by atoms with Crippen LogP contribution in [0.3, 0.4) is 0 Å². The number of amides is 2. The van der Waals surface area contributed by atoms with E-state index in [1.165, 1.54) is 11.3 Å². The molecule has 4 heterocycles. The second-order valence-corrected chi connectivity index (χ2v) is 15.0. The Balaban J connectivity index is 1.19. The molecule has 1 unspecified atom stereocenters. The highest BCUT2D eigenvalue weighted by Crippen LogP contribution is 2.30. The average Bonchev–Trinajstić information content (AvgIpc) is 3.88. The summed E-state index contributed by atoms with van der Waals surface area (Å²) >= 11 is 8.92. The number of benzene rings is 2. The van der Waals surface area contributed by atoms with Gasteiger partial charge >= 0.3 is 0 Å². The highest BCUT2D eigenvalue weighted by molar-refractivity contribution is 7.20. The third-order valence-corrected chi connectivity index (χ3v) is 11.3. The first kappa shape index (κ1) is 35.9. The van der Waals surface area contributed by atoms with Crippen molar-refractivity contribution in [2.24, 2.45) is 16.5 Å². The molecule has 2 aromatic heterocycles. The smallest absolute Gasteiger partial charge is 0.243 e. The molecule has 2 aliphatic rings. The summed E-state index contributed by atoms with van der Waals surface area (Å²) in [7, 11) is 0. The average molecular weight is 737 g/mol. The van der Waals surface area contributed by atoms with E-state index in [0.717, 1.165) is 41.2 Å². The van der Waals surface area contributed by atoms with E-state index in [4.69, 9.17) is 32.8 Å². The Morgan fingerprint density at radius 2 is 1.88 bits per heavy atom. The third-order valence-electron chi connectivity index (χ3n) is 8.96. The van der Waals surface area contributed by atoms with Crippen molar-refractivity contribution in [3.8, 4) is 0 Å². The van der Waals surface area contributed by atoms with E-state index in [9.17, 15) is 14.4 Å². The zero-order valence-electron chi connectivity index (χ0n) is 27.6. The molecular formula is C35H41ClN8O4S2. The number of Topliss-reactive ketones (excluding diaryl/α,β-unsaturated/α-hetero) is 1. The Morgan fingerprint density at radius 3 is 2.64 bits per heavy atom. The summed E-state index contributed by atoms with van der Waals surface area (Å²) in [6, 6.07) is 13.1. The summed E-state index contributed by atoms with van der Waals surface area (Å²) in [5.74, 6) is -0.602. The molecule has 6 rings (SSSR count). The molecule has 0 aliphatic carbocycles. The fourth-order valence-corrected chi connectivity index (χ4v) is 8.40. The van der Waals surface area contributed by atoms with Crippen molar-refractivity contribution in [3.63, 3.8) is 0 Å². The number of piperidine rings is 1. The van der Waals surface area contributed by atoms with Gasteiger partial charge in [0.05, 0.1) is 46.1 Å². The maximum atomic E-state index is 14.1. The van der Waals surface area contributed by atoms with Crippen LogP contribution in [-0.2, 0) is 27.4 Å². The maximum Gasteiger partial charge on any atom is 0.243 e. The number of thiazole rings is 2. The Bertz CT molecular complexity index is 1790. The maximum absolute atomic E-state index is 14.1. The molecule has 50 heavy (non-hydrogen) atoms. The minimum absolute atomic E-state index is 0.0455. The van der Waals surface area contributed by atoms with Crippen LogP contribution in [0.4, 0.5) is 0 Å². The van der Waals surface area contributed by atoms with Gasteiger partial charge in [-0.2, -0.15) is 0 Å². The standard InChI is InChI=1S/C35H41ClN8O4S2/c36-23-9-7-21(8-10-23)19-48-25-17-28(44(18-25)30(45)16-24-20-49-33(41-24)22-11-14-39-15-12-22)32(47)42-27(5-3-13-40-35(37)38)31(46)34-43-26-4-1-2-6-29(26)50-34/h1-2,4,6-10,20,22,25,27-28,39H,3,5,11-19H2,(H,42,47)(H4,37,38,40)/t25-,27+,28?/m1/s1. The lowest BCUT2D eigenvalue weighted by Gasteiger charge is -2.25. The number of likely N-dealkylation sites (tertiary alicyclic amines) is 1. The Kier molecular flexibility index (Phi) is 12.1. The van der Waals surface area contributed by atoms with Crippen molar-refractivity contribution in [1.82, 2.24) is 25.5 Å². The highest BCUT2D eigenvalue weighted by Gasteiger charge is 2.41. The highest BCUT2D eigenvalue weighted by atomic mass is 35.5. The number of guanidine groups is 1. The van der Waals surface area contributed by atoms with Crippen LogP contribution in [0.2, 0.25) is 5.02 Å². The van der Waals surface area contributed by atoms with Gasteiger partial charge in [-0.05, 0) is 68.6 Å². The monoisotopic (exact) mass is 736 g/mol. The van der Waals surface area contributed by atoms with Crippen LogP contribution in [0.5, 0.6) is 0 Å². The number of rotatable bonds is 14. The molecule has 3 atom stereocenters. The van der Waals surface area contributed by atoms with E-state index < -0.39 is 24.1 Å².